The molecule has 1 atom stereocenters. The van der Waals surface area contributed by atoms with Crippen LogP contribution in [-0.4, -0.2) is 33.6 Å². The first-order chi connectivity index (χ1) is 11.3. The Kier molecular flexibility index (Phi) is 5.64. The van der Waals surface area contributed by atoms with Crippen molar-refractivity contribution in [3.63, 3.8) is 0 Å². The highest BCUT2D eigenvalue weighted by Gasteiger charge is 2.62. The smallest absolute Gasteiger partial charge is 0.362 e. The van der Waals surface area contributed by atoms with Crippen LogP contribution in [0.5, 0.6) is 0 Å². The Labute approximate surface area is 139 Å². The van der Waals surface area contributed by atoms with E-state index in [1.807, 2.05) is 6.92 Å². The van der Waals surface area contributed by atoms with Gasteiger partial charge < -0.3 is 5.11 Å². The van der Waals surface area contributed by atoms with Gasteiger partial charge in [0.2, 0.25) is 5.91 Å². The van der Waals surface area contributed by atoms with Crippen LogP contribution < -0.4 is 0 Å². The third-order valence-corrected chi connectivity index (χ3v) is 4.00. The molecule has 0 saturated heterocycles. The van der Waals surface area contributed by atoms with Crippen molar-refractivity contribution in [3.8, 4) is 0 Å². The Hall–Kier alpha value is -1.89. The summed E-state index contributed by atoms with van der Waals surface area (Å²) in [6.45, 7) is 1.98. The van der Waals surface area contributed by atoms with Crippen molar-refractivity contribution in [2.75, 3.05) is 0 Å². The van der Waals surface area contributed by atoms with Crippen LogP contribution in [0.4, 0.5) is 13.2 Å². The van der Waals surface area contributed by atoms with E-state index in [4.69, 9.17) is 0 Å². The van der Waals surface area contributed by atoms with Gasteiger partial charge in [-0.05, 0) is 18.4 Å². The second kappa shape index (κ2) is 7.34. The standard InChI is InChI=1S/C17H21F3N2O2/c1-2-3-5-10-14-12-16(24,17(18,19)20)22(21-14)15(23)11-13-8-6-4-7-9-13/h4,6-9,24H,2-3,5,10-12H2,1H3. The zero-order valence-electron chi connectivity index (χ0n) is 13.5. The minimum Gasteiger partial charge on any atom is -0.362 e. The fourth-order valence-corrected chi connectivity index (χ4v) is 2.66. The van der Waals surface area contributed by atoms with E-state index >= 15 is 0 Å². The number of hydrazone groups is 1. The number of nitrogens with zero attached hydrogens (tertiary/aromatic N) is 2. The molecule has 1 amide bonds. The van der Waals surface area contributed by atoms with Crippen molar-refractivity contribution in [2.45, 2.75) is 57.3 Å². The Balaban J connectivity index is 2.19. The van der Waals surface area contributed by atoms with Gasteiger partial charge in [-0.3, -0.25) is 4.79 Å². The summed E-state index contributed by atoms with van der Waals surface area (Å²) in [6, 6.07) is 8.43. The van der Waals surface area contributed by atoms with E-state index in [0.29, 0.717) is 18.4 Å². The molecular formula is C17H21F3N2O2. The number of carbonyl (C=O) groups is 1. The molecule has 1 aromatic carbocycles. The van der Waals surface area contributed by atoms with Crippen LogP contribution in [0.1, 0.15) is 44.6 Å². The lowest BCUT2D eigenvalue weighted by Gasteiger charge is -2.32. The molecule has 0 spiro atoms. The summed E-state index contributed by atoms with van der Waals surface area (Å²) >= 11 is 0. The highest BCUT2D eigenvalue weighted by Crippen LogP contribution is 2.41. The molecule has 0 aliphatic carbocycles. The first-order valence-electron chi connectivity index (χ1n) is 8.00. The number of carbonyl (C=O) groups excluding carboxylic acids is 1. The Morgan fingerprint density at radius 2 is 1.96 bits per heavy atom. The highest BCUT2D eigenvalue weighted by atomic mass is 19.4. The maximum atomic E-state index is 13.3. The fraction of sp³-hybridized carbons (Fsp3) is 0.529. The predicted octanol–water partition coefficient (Wildman–Crippen LogP) is 3.65. The minimum absolute atomic E-state index is 0.213. The molecule has 4 nitrogen and oxygen atoms in total. The Morgan fingerprint density at radius 3 is 2.54 bits per heavy atom. The van der Waals surface area contributed by atoms with Crippen molar-refractivity contribution in [1.82, 2.24) is 5.01 Å². The number of aliphatic hydroxyl groups is 1. The summed E-state index contributed by atoms with van der Waals surface area (Å²) in [4.78, 5) is 12.3. The molecule has 0 radical (unpaired) electrons. The normalized spacial score (nSPS) is 21.0. The van der Waals surface area contributed by atoms with Gasteiger partial charge in [-0.15, -0.1) is 0 Å². The van der Waals surface area contributed by atoms with E-state index in [9.17, 15) is 23.1 Å². The lowest BCUT2D eigenvalue weighted by atomic mass is 10.0. The van der Waals surface area contributed by atoms with E-state index in [1.165, 1.54) is 0 Å². The van der Waals surface area contributed by atoms with Crippen molar-refractivity contribution in [2.24, 2.45) is 5.10 Å². The zero-order chi connectivity index (χ0) is 17.8. The molecule has 1 N–H and O–H groups in total. The molecule has 2 rings (SSSR count). The molecule has 1 aliphatic rings. The van der Waals surface area contributed by atoms with Crippen LogP contribution in [0.15, 0.2) is 35.4 Å². The van der Waals surface area contributed by atoms with E-state index in [0.717, 1.165) is 12.8 Å². The SMILES string of the molecule is CCCCCC1=NN(C(=O)Cc2ccccc2)C(O)(C(F)(F)F)C1. The second-order valence-electron chi connectivity index (χ2n) is 5.98. The predicted molar refractivity (Wildman–Crippen MR) is 84.2 cm³/mol. The molecule has 132 valence electrons. The molecule has 1 heterocycles. The third-order valence-electron chi connectivity index (χ3n) is 4.00. The minimum atomic E-state index is -4.96. The first-order valence-corrected chi connectivity index (χ1v) is 8.00. The molecule has 24 heavy (non-hydrogen) atoms. The largest absolute Gasteiger partial charge is 0.438 e. The summed E-state index contributed by atoms with van der Waals surface area (Å²) in [7, 11) is 0. The molecule has 0 aromatic heterocycles. The molecular weight excluding hydrogens is 321 g/mol. The van der Waals surface area contributed by atoms with Crippen molar-refractivity contribution in [1.29, 1.82) is 0 Å². The maximum Gasteiger partial charge on any atom is 0.438 e. The van der Waals surface area contributed by atoms with Crippen LogP contribution in [-0.2, 0) is 11.2 Å². The molecule has 0 bridgehead atoms. The fourth-order valence-electron chi connectivity index (χ4n) is 2.66. The van der Waals surface area contributed by atoms with Gasteiger partial charge >= 0.3 is 6.18 Å². The van der Waals surface area contributed by atoms with Crippen LogP contribution in [0, 0.1) is 0 Å². The summed E-state index contributed by atoms with van der Waals surface area (Å²) in [5.74, 6) is -0.869. The average Bonchev–Trinajstić information content (AvgIpc) is 2.87. The maximum absolute atomic E-state index is 13.3. The van der Waals surface area contributed by atoms with E-state index in [2.05, 4.69) is 5.10 Å². The quantitative estimate of drug-likeness (QED) is 0.803. The van der Waals surface area contributed by atoms with E-state index < -0.39 is 24.2 Å². The van der Waals surface area contributed by atoms with Gasteiger partial charge in [0.1, 0.15) is 0 Å². The molecule has 0 fully saturated rings. The van der Waals surface area contributed by atoms with Gasteiger partial charge in [0.05, 0.1) is 6.42 Å². The highest BCUT2D eigenvalue weighted by molar-refractivity contribution is 5.91. The van der Waals surface area contributed by atoms with Crippen molar-refractivity contribution < 1.29 is 23.1 Å². The molecule has 0 saturated carbocycles. The van der Waals surface area contributed by atoms with Crippen molar-refractivity contribution >= 4 is 11.6 Å². The summed E-state index contributed by atoms with van der Waals surface area (Å²) in [5.41, 5.74) is -2.47. The van der Waals surface area contributed by atoms with Crippen LogP contribution >= 0.6 is 0 Å². The number of alkyl halides is 3. The van der Waals surface area contributed by atoms with Gasteiger partial charge in [0, 0.05) is 12.1 Å². The third kappa shape index (κ3) is 3.95. The second-order valence-corrected chi connectivity index (χ2v) is 5.98. The van der Waals surface area contributed by atoms with Crippen LogP contribution in [0.3, 0.4) is 0 Å². The lowest BCUT2D eigenvalue weighted by molar-refractivity contribution is -0.302. The first kappa shape index (κ1) is 18.4. The van der Waals surface area contributed by atoms with E-state index in [1.54, 1.807) is 30.3 Å². The lowest BCUT2D eigenvalue weighted by Crippen LogP contribution is -2.57. The van der Waals surface area contributed by atoms with Crippen LogP contribution in [0.25, 0.3) is 0 Å². The van der Waals surface area contributed by atoms with Gasteiger partial charge in [-0.25, -0.2) is 0 Å². The Bertz CT molecular complexity index is 602. The number of benzene rings is 1. The molecule has 1 aliphatic heterocycles. The molecule has 7 heteroatoms. The number of amides is 1. The summed E-state index contributed by atoms with van der Waals surface area (Å²) < 4.78 is 40.0. The topological polar surface area (TPSA) is 52.9 Å². The zero-order valence-corrected chi connectivity index (χ0v) is 13.5. The van der Waals surface area contributed by atoms with Gasteiger partial charge in [0.25, 0.3) is 5.72 Å². The summed E-state index contributed by atoms with van der Waals surface area (Å²) in [6.07, 6.45) is -3.07. The average molecular weight is 342 g/mol. The molecule has 1 unspecified atom stereocenters. The van der Waals surface area contributed by atoms with Gasteiger partial charge in [-0.2, -0.15) is 23.3 Å². The van der Waals surface area contributed by atoms with Crippen molar-refractivity contribution in [3.05, 3.63) is 35.9 Å². The number of rotatable bonds is 6. The number of unbranched alkanes of at least 4 members (excludes halogenated alkanes) is 2. The van der Waals surface area contributed by atoms with Crippen LogP contribution in [0.2, 0.25) is 0 Å². The number of hydrogen-bond donors (Lipinski definition) is 1. The number of halogens is 3. The van der Waals surface area contributed by atoms with Gasteiger partial charge in [-0.1, -0.05) is 50.1 Å². The summed E-state index contributed by atoms with van der Waals surface area (Å²) in [5, 5.41) is 14.2. The Morgan fingerprint density at radius 1 is 1.29 bits per heavy atom. The van der Waals surface area contributed by atoms with Gasteiger partial charge in [0.15, 0.2) is 0 Å². The van der Waals surface area contributed by atoms with E-state index in [-0.39, 0.29) is 17.1 Å². The number of hydrogen-bond acceptors (Lipinski definition) is 3. The monoisotopic (exact) mass is 342 g/mol. The molecule has 1 aromatic rings.